The third kappa shape index (κ3) is 10.4. The molecule has 121 heavy (non-hydrogen) atoms. The van der Waals surface area contributed by atoms with Gasteiger partial charge in [0.25, 0.3) is 0 Å². The molecule has 0 bridgehead atoms. The van der Waals surface area contributed by atoms with Gasteiger partial charge in [0.2, 0.25) is 0 Å². The van der Waals surface area contributed by atoms with Crippen molar-refractivity contribution in [1.82, 2.24) is 18.1 Å². The number of rotatable bonds is 9. The Kier molecular flexibility index (Phi) is 15.4. The molecule has 0 fully saturated rings. The van der Waals surface area contributed by atoms with E-state index in [0.717, 1.165) is 22.7 Å². The molecule has 0 radical (unpaired) electrons. The maximum atomic E-state index is 2.50. The van der Waals surface area contributed by atoms with Crippen LogP contribution in [0.4, 0.5) is 17.1 Å². The number of hydrogen-bond acceptors (Lipinski definition) is 1. The van der Waals surface area contributed by atoms with Crippen molar-refractivity contribution in [2.24, 2.45) is 0 Å². The molecule has 20 aromatic carbocycles. The van der Waals surface area contributed by atoms with E-state index in [1.54, 1.807) is 0 Å². The number of fused-ring (bicyclic) bond motifs is 12. The van der Waals surface area contributed by atoms with Gasteiger partial charge in [-0.3, -0.25) is 0 Å². The van der Waals surface area contributed by atoms with Gasteiger partial charge in [0, 0.05) is 82.5 Å². The number of aromatic nitrogens is 4. The molecular weight excluding hydrogens is 1460 g/mol. The van der Waals surface area contributed by atoms with Crippen LogP contribution < -0.4 is 4.90 Å². The summed E-state index contributed by atoms with van der Waals surface area (Å²) in [4.78, 5) is 2.33. The number of benzene rings is 20. The van der Waals surface area contributed by atoms with Crippen LogP contribution in [0.2, 0.25) is 0 Å². The van der Waals surface area contributed by atoms with Crippen molar-refractivity contribution >= 4 is 142 Å². The Balaban J connectivity index is 0.000000100. The van der Waals surface area contributed by atoms with E-state index in [2.05, 4.69) is 466 Å². The van der Waals surface area contributed by atoms with Crippen molar-refractivity contribution in [3.05, 3.63) is 443 Å². The van der Waals surface area contributed by atoms with E-state index < -0.39 is 0 Å². The van der Waals surface area contributed by atoms with Gasteiger partial charge in [-0.25, -0.2) is 0 Å². The van der Waals surface area contributed by atoms with Crippen molar-refractivity contribution in [3.8, 4) is 95.0 Å². The summed E-state index contributed by atoms with van der Waals surface area (Å²) < 4.78 is 9.88. The molecular formula is C116H73N5. The van der Waals surface area contributed by atoms with Gasteiger partial charge < -0.3 is 23.0 Å². The normalized spacial score (nSPS) is 12.0. The lowest BCUT2D eigenvalue weighted by Crippen LogP contribution is -2.10. The van der Waals surface area contributed by atoms with Crippen LogP contribution in [0.3, 0.4) is 0 Å². The molecule has 0 saturated carbocycles. The Hall–Kier alpha value is -16.1. The molecule has 5 aromatic heterocycles. The summed E-state index contributed by atoms with van der Waals surface area (Å²) in [5.41, 5.74) is 35.9. The van der Waals surface area contributed by atoms with Crippen molar-refractivity contribution in [2.45, 2.75) is 0 Å². The van der Waals surface area contributed by atoms with E-state index in [-0.39, 0.29) is 0 Å². The first kappa shape index (κ1) is 68.2. The smallest absolute Gasteiger partial charge is 0.0641 e. The fraction of sp³-hybridized carbons (Fsp3) is 0. The van der Waals surface area contributed by atoms with Crippen LogP contribution in [0.25, 0.3) is 220 Å². The van der Waals surface area contributed by atoms with Crippen LogP contribution in [0, 0.1) is 0 Å². The van der Waals surface area contributed by atoms with Gasteiger partial charge >= 0.3 is 0 Å². The van der Waals surface area contributed by atoms with Gasteiger partial charge in [0.15, 0.2) is 0 Å². The second-order valence-electron chi connectivity index (χ2n) is 32.1. The van der Waals surface area contributed by atoms with Crippen LogP contribution in [-0.2, 0) is 0 Å². The van der Waals surface area contributed by atoms with Crippen molar-refractivity contribution < 1.29 is 0 Å². The second kappa shape index (κ2) is 27.3. The van der Waals surface area contributed by atoms with E-state index in [1.165, 1.54) is 214 Å². The molecule has 562 valence electrons. The average Bonchev–Trinajstić information content (AvgIpc) is 1.53. The lowest BCUT2D eigenvalue weighted by Gasteiger charge is -2.26. The zero-order valence-corrected chi connectivity index (χ0v) is 65.9. The SMILES string of the molecule is c1ccc(-c2ccc(-n3c4cccc5c4c4c6c(cccc6ccc43)-c3ccccc3-5)c(-c3ccccc3)c2)cc1.c1ccc(-c2ccc(-n3c4cccc5c6ccccc6n6c7ccccc7c7ccc3c(c54)c76)cc2)cc1.c1ccc(N(c2ccccc2)c2cccc(-n3c4cccc5c4c4c6c(cccc6ccc43)-c3ccccc3-5)c2)cc1. The maximum Gasteiger partial charge on any atom is 0.0641 e. The van der Waals surface area contributed by atoms with E-state index in [4.69, 9.17) is 0 Å². The predicted octanol–water partition coefficient (Wildman–Crippen LogP) is 31.6. The van der Waals surface area contributed by atoms with Crippen LogP contribution in [0.1, 0.15) is 0 Å². The third-order valence-electron chi connectivity index (χ3n) is 25.7. The summed E-state index contributed by atoms with van der Waals surface area (Å²) in [6.45, 7) is 0. The van der Waals surface area contributed by atoms with E-state index in [0.29, 0.717) is 0 Å². The highest BCUT2D eigenvalue weighted by atomic mass is 15.1. The molecule has 0 unspecified atom stereocenters. The Morgan fingerprint density at radius 2 is 0.537 bits per heavy atom. The second-order valence-corrected chi connectivity index (χ2v) is 32.1. The largest absolute Gasteiger partial charge is 0.310 e. The lowest BCUT2D eigenvalue weighted by molar-refractivity contribution is 1.17. The van der Waals surface area contributed by atoms with E-state index >= 15 is 0 Å². The Morgan fingerprint density at radius 3 is 1.11 bits per heavy atom. The maximum absolute atomic E-state index is 2.50. The summed E-state index contributed by atoms with van der Waals surface area (Å²) >= 11 is 0. The highest BCUT2D eigenvalue weighted by Crippen LogP contribution is 2.54. The van der Waals surface area contributed by atoms with Crippen molar-refractivity contribution in [3.63, 3.8) is 0 Å². The molecule has 2 aliphatic rings. The van der Waals surface area contributed by atoms with Crippen LogP contribution in [0.5, 0.6) is 0 Å². The molecule has 5 heteroatoms. The van der Waals surface area contributed by atoms with Crippen LogP contribution in [0.15, 0.2) is 443 Å². The molecule has 2 aliphatic carbocycles. The highest BCUT2D eigenvalue weighted by molar-refractivity contribution is 6.35. The monoisotopic (exact) mass is 1540 g/mol. The lowest BCUT2D eigenvalue weighted by atomic mass is 9.93. The Bertz CT molecular complexity index is 8440. The summed E-state index contributed by atoms with van der Waals surface area (Å²) in [7, 11) is 0. The van der Waals surface area contributed by atoms with Crippen molar-refractivity contribution in [1.29, 1.82) is 0 Å². The topological polar surface area (TPSA) is 22.4 Å². The van der Waals surface area contributed by atoms with E-state index in [9.17, 15) is 0 Å². The first-order chi connectivity index (χ1) is 60.1. The molecule has 0 spiro atoms. The average molecular weight is 1540 g/mol. The third-order valence-corrected chi connectivity index (χ3v) is 25.7. The quantitative estimate of drug-likeness (QED) is 0.141. The van der Waals surface area contributed by atoms with Crippen LogP contribution in [-0.4, -0.2) is 18.1 Å². The molecule has 0 atom stereocenters. The molecule has 0 saturated heterocycles. The van der Waals surface area contributed by atoms with Gasteiger partial charge in [0.05, 0.1) is 55.3 Å². The van der Waals surface area contributed by atoms with Gasteiger partial charge in [-0.15, -0.1) is 0 Å². The molecule has 5 heterocycles. The highest BCUT2D eigenvalue weighted by Gasteiger charge is 2.30. The summed E-state index contributed by atoms with van der Waals surface area (Å²) in [5, 5.41) is 18.4. The minimum Gasteiger partial charge on any atom is -0.310 e. The van der Waals surface area contributed by atoms with Crippen molar-refractivity contribution in [2.75, 3.05) is 4.90 Å². The number of para-hydroxylation sites is 4. The van der Waals surface area contributed by atoms with Gasteiger partial charge in [0.1, 0.15) is 0 Å². The first-order valence-electron chi connectivity index (χ1n) is 41.8. The first-order valence-corrected chi connectivity index (χ1v) is 41.8. The minimum atomic E-state index is 1.12. The zero-order chi connectivity index (χ0) is 79.3. The summed E-state index contributed by atoms with van der Waals surface area (Å²) in [6, 6.07) is 161. The molecule has 27 rings (SSSR count). The molecule has 0 amide bonds. The van der Waals surface area contributed by atoms with Gasteiger partial charge in [-0.05, 0) is 215 Å². The number of anilines is 3. The van der Waals surface area contributed by atoms with Gasteiger partial charge in [-0.2, -0.15) is 0 Å². The van der Waals surface area contributed by atoms with Gasteiger partial charge in [-0.1, -0.05) is 328 Å². The summed E-state index contributed by atoms with van der Waals surface area (Å²) in [5.74, 6) is 0. The zero-order valence-electron chi connectivity index (χ0n) is 65.9. The predicted molar refractivity (Wildman–Crippen MR) is 512 cm³/mol. The molecule has 25 aromatic rings. The number of nitrogens with zero attached hydrogens (tertiary/aromatic N) is 5. The molecule has 0 N–H and O–H groups in total. The number of hydrogen-bond donors (Lipinski definition) is 0. The Labute approximate surface area is 698 Å². The standard InChI is InChI=1S/C40H26N2.C40H25N.C36H22N2/c1-3-13-28(14-4-1)41(29-15-5-2-6-16-29)30-17-10-18-31(26-30)42-36-23-11-22-35-33-20-8-7-19-32(33)34-21-9-12-27-24-25-37(42)40(38(27)34)39(35)36;1-3-11-26(12-4-1)29-22-23-35(34(25-29)27-13-5-2-6-14-27)41-36-20-10-19-33-31-17-8-7-16-30(31)32-18-9-15-28-21-24-37(41)40(38(28)32)39(33)36;1-2-9-23(10-3-1)24-17-19-25(20-18-24)37-32-16-8-13-28-26-11-4-6-14-30(26)38-31-15-7-5-12-27(31)29-21-22-33(37)35(34(28)32)36(29)38/h1-26H;1-25H;1-22H. The molecule has 5 nitrogen and oxygen atoms in total. The Morgan fingerprint density at radius 1 is 0.165 bits per heavy atom. The van der Waals surface area contributed by atoms with E-state index in [1.807, 2.05) is 0 Å². The fourth-order valence-corrected chi connectivity index (χ4v) is 20.6. The molecule has 0 aliphatic heterocycles. The summed E-state index contributed by atoms with van der Waals surface area (Å²) in [6.07, 6.45) is 0. The fourth-order valence-electron chi connectivity index (χ4n) is 20.6. The minimum absolute atomic E-state index is 1.12. The van der Waals surface area contributed by atoms with Crippen LogP contribution >= 0.6 is 0 Å².